The predicted molar refractivity (Wildman–Crippen MR) is 110 cm³/mol. The summed E-state index contributed by atoms with van der Waals surface area (Å²) >= 11 is 0. The normalized spacial score (nSPS) is 12.3. The average Bonchev–Trinajstić information content (AvgIpc) is 3.22. The molecule has 0 fully saturated rings. The molecule has 5 rings (SSSR count). The van der Waals surface area contributed by atoms with E-state index in [-0.39, 0.29) is 11.8 Å². The maximum absolute atomic E-state index is 10.0. The van der Waals surface area contributed by atoms with Gasteiger partial charge in [0, 0.05) is 22.7 Å². The van der Waals surface area contributed by atoms with Crippen LogP contribution in [-0.4, -0.2) is 35.2 Å². The molecular formula is C21H17N7O. The van der Waals surface area contributed by atoms with E-state index in [0.717, 1.165) is 33.1 Å². The number of hydrogen-bond donors (Lipinski definition) is 3. The molecule has 0 spiro atoms. The number of aromatic hydroxyl groups is 1. The van der Waals surface area contributed by atoms with E-state index in [9.17, 15) is 5.11 Å². The van der Waals surface area contributed by atoms with E-state index in [0.29, 0.717) is 11.6 Å². The van der Waals surface area contributed by atoms with E-state index in [1.807, 2.05) is 37.3 Å². The minimum Gasteiger partial charge on any atom is -0.508 e. The Bertz CT molecular complexity index is 1330. The summed E-state index contributed by atoms with van der Waals surface area (Å²) in [5.41, 5.74) is 4.05. The first-order valence-electron chi connectivity index (χ1n) is 9.15. The molecule has 0 aliphatic rings. The van der Waals surface area contributed by atoms with E-state index in [2.05, 4.69) is 35.5 Å². The molecule has 3 heterocycles. The Balaban J connectivity index is 1.47. The fourth-order valence-electron chi connectivity index (χ4n) is 3.37. The van der Waals surface area contributed by atoms with Gasteiger partial charge >= 0.3 is 0 Å². The van der Waals surface area contributed by atoms with Crippen molar-refractivity contribution in [2.45, 2.75) is 13.0 Å². The second-order valence-corrected chi connectivity index (χ2v) is 6.75. The average molecular weight is 383 g/mol. The molecule has 29 heavy (non-hydrogen) atoms. The van der Waals surface area contributed by atoms with Gasteiger partial charge in [0.05, 0.1) is 28.8 Å². The Morgan fingerprint density at radius 1 is 1.03 bits per heavy atom. The minimum atomic E-state index is -0.136. The van der Waals surface area contributed by atoms with Gasteiger partial charge in [-0.25, -0.2) is 19.9 Å². The zero-order chi connectivity index (χ0) is 19.8. The fourth-order valence-corrected chi connectivity index (χ4v) is 3.37. The number of nitrogens with zero attached hydrogens (tertiary/aromatic N) is 5. The molecule has 1 atom stereocenters. The van der Waals surface area contributed by atoms with Crippen LogP contribution in [0.5, 0.6) is 5.75 Å². The number of para-hydroxylation sites is 1. The molecule has 1 unspecified atom stereocenters. The molecule has 142 valence electrons. The molecule has 0 saturated heterocycles. The number of phenols is 1. The predicted octanol–water partition coefficient (Wildman–Crippen LogP) is 3.84. The molecule has 0 aliphatic heterocycles. The lowest BCUT2D eigenvalue weighted by Gasteiger charge is -2.15. The molecule has 0 saturated carbocycles. The third-order valence-electron chi connectivity index (χ3n) is 4.85. The van der Waals surface area contributed by atoms with Gasteiger partial charge in [0.15, 0.2) is 5.65 Å². The van der Waals surface area contributed by atoms with Crippen LogP contribution >= 0.6 is 0 Å². The molecule has 3 N–H and O–H groups in total. The van der Waals surface area contributed by atoms with Crippen LogP contribution in [0.15, 0.2) is 61.2 Å². The highest BCUT2D eigenvalue weighted by Crippen LogP contribution is 2.28. The Morgan fingerprint density at radius 3 is 2.83 bits per heavy atom. The lowest BCUT2D eigenvalue weighted by molar-refractivity contribution is 0.465. The number of nitrogens with one attached hydrogen (secondary N) is 2. The van der Waals surface area contributed by atoms with Gasteiger partial charge in [0.1, 0.15) is 12.1 Å². The van der Waals surface area contributed by atoms with E-state index in [4.69, 9.17) is 0 Å². The van der Waals surface area contributed by atoms with Crippen molar-refractivity contribution < 1.29 is 5.11 Å². The van der Waals surface area contributed by atoms with Crippen molar-refractivity contribution in [3.63, 3.8) is 0 Å². The van der Waals surface area contributed by atoms with Crippen LogP contribution in [0.1, 0.15) is 18.5 Å². The standard InChI is InChI=1S/C21H17N7O/c1-12(15-4-2-3-5-18(15)29)26-21-22-9-14-8-13(6-7-17(14)27-21)19-16-10-25-28-20(16)24-11-23-19/h2-12,29H,1H3,(H,22,26,27)(H,23,24,25,28). The lowest BCUT2D eigenvalue weighted by atomic mass is 10.1. The summed E-state index contributed by atoms with van der Waals surface area (Å²) < 4.78 is 0. The summed E-state index contributed by atoms with van der Waals surface area (Å²) in [6, 6.07) is 13.0. The van der Waals surface area contributed by atoms with Crippen LogP contribution < -0.4 is 5.32 Å². The summed E-state index contributed by atoms with van der Waals surface area (Å²) in [6.07, 6.45) is 5.02. The Hall–Kier alpha value is -4.07. The second-order valence-electron chi connectivity index (χ2n) is 6.75. The molecule has 0 radical (unpaired) electrons. The van der Waals surface area contributed by atoms with Crippen molar-refractivity contribution in [1.82, 2.24) is 30.1 Å². The molecular weight excluding hydrogens is 366 g/mol. The Labute approximate surface area is 165 Å². The van der Waals surface area contributed by atoms with Crippen molar-refractivity contribution in [2.24, 2.45) is 0 Å². The van der Waals surface area contributed by atoms with Crippen LogP contribution in [0.2, 0.25) is 0 Å². The van der Waals surface area contributed by atoms with Crippen molar-refractivity contribution in [1.29, 1.82) is 0 Å². The largest absolute Gasteiger partial charge is 0.508 e. The Kier molecular flexibility index (Phi) is 4.02. The minimum absolute atomic E-state index is 0.136. The number of rotatable bonds is 4. The monoisotopic (exact) mass is 383 g/mol. The maximum Gasteiger partial charge on any atom is 0.223 e. The smallest absolute Gasteiger partial charge is 0.223 e. The SMILES string of the molecule is CC(Nc1ncc2cc(-c3ncnc4[nH]ncc34)ccc2n1)c1ccccc1O. The number of anilines is 1. The summed E-state index contributed by atoms with van der Waals surface area (Å²) in [5, 5.41) is 21.9. The highest BCUT2D eigenvalue weighted by Gasteiger charge is 2.12. The van der Waals surface area contributed by atoms with E-state index < -0.39 is 0 Å². The van der Waals surface area contributed by atoms with E-state index >= 15 is 0 Å². The third kappa shape index (κ3) is 3.10. The molecule has 0 bridgehead atoms. The second kappa shape index (κ2) is 6.83. The molecule has 2 aromatic carbocycles. The van der Waals surface area contributed by atoms with Gasteiger partial charge in [-0.15, -0.1) is 0 Å². The first kappa shape index (κ1) is 17.1. The van der Waals surface area contributed by atoms with E-state index in [1.165, 1.54) is 6.33 Å². The molecule has 8 heteroatoms. The first-order chi connectivity index (χ1) is 14.2. The fraction of sp³-hybridized carbons (Fsp3) is 0.0952. The number of hydrogen-bond acceptors (Lipinski definition) is 7. The van der Waals surface area contributed by atoms with Crippen LogP contribution in [0.3, 0.4) is 0 Å². The van der Waals surface area contributed by atoms with Crippen LogP contribution in [0, 0.1) is 0 Å². The van der Waals surface area contributed by atoms with Crippen molar-refractivity contribution in [2.75, 3.05) is 5.32 Å². The van der Waals surface area contributed by atoms with Gasteiger partial charge < -0.3 is 10.4 Å². The van der Waals surface area contributed by atoms with Crippen molar-refractivity contribution in [3.8, 4) is 17.0 Å². The number of phenolic OH excluding ortho intramolecular Hbond substituents is 1. The quantitative estimate of drug-likeness (QED) is 0.432. The third-order valence-corrected chi connectivity index (χ3v) is 4.85. The van der Waals surface area contributed by atoms with Crippen LogP contribution in [0.25, 0.3) is 33.2 Å². The summed E-state index contributed by atoms with van der Waals surface area (Å²) in [4.78, 5) is 17.6. The molecule has 5 aromatic rings. The molecule has 3 aromatic heterocycles. The Morgan fingerprint density at radius 2 is 1.93 bits per heavy atom. The van der Waals surface area contributed by atoms with Gasteiger partial charge in [-0.2, -0.15) is 5.10 Å². The molecule has 0 amide bonds. The molecule has 8 nitrogen and oxygen atoms in total. The first-order valence-corrected chi connectivity index (χ1v) is 9.15. The summed E-state index contributed by atoms with van der Waals surface area (Å²) in [7, 11) is 0. The van der Waals surface area contributed by atoms with Gasteiger partial charge in [-0.05, 0) is 25.1 Å². The van der Waals surface area contributed by atoms with Gasteiger partial charge in [0.2, 0.25) is 5.95 Å². The maximum atomic E-state index is 10.0. The highest BCUT2D eigenvalue weighted by molar-refractivity contribution is 5.93. The number of aromatic amines is 1. The van der Waals surface area contributed by atoms with Gasteiger partial charge in [0.25, 0.3) is 0 Å². The summed E-state index contributed by atoms with van der Waals surface area (Å²) in [6.45, 7) is 1.96. The molecule has 0 aliphatic carbocycles. The topological polar surface area (TPSA) is 113 Å². The van der Waals surface area contributed by atoms with Crippen molar-refractivity contribution >= 4 is 27.9 Å². The lowest BCUT2D eigenvalue weighted by Crippen LogP contribution is -2.09. The van der Waals surface area contributed by atoms with E-state index in [1.54, 1.807) is 24.5 Å². The highest BCUT2D eigenvalue weighted by atomic mass is 16.3. The number of benzene rings is 2. The zero-order valence-electron chi connectivity index (χ0n) is 15.5. The zero-order valence-corrected chi connectivity index (χ0v) is 15.5. The van der Waals surface area contributed by atoms with Gasteiger partial charge in [-0.1, -0.05) is 24.3 Å². The number of aromatic nitrogens is 6. The van der Waals surface area contributed by atoms with Crippen LogP contribution in [-0.2, 0) is 0 Å². The van der Waals surface area contributed by atoms with Crippen molar-refractivity contribution in [3.05, 3.63) is 66.7 Å². The van der Waals surface area contributed by atoms with Gasteiger partial charge in [-0.3, -0.25) is 5.10 Å². The van der Waals surface area contributed by atoms with Crippen LogP contribution in [0.4, 0.5) is 5.95 Å². The number of fused-ring (bicyclic) bond motifs is 2. The number of H-pyrrole nitrogens is 1. The summed E-state index contributed by atoms with van der Waals surface area (Å²) in [5.74, 6) is 0.744.